The van der Waals surface area contributed by atoms with Crippen molar-refractivity contribution in [2.75, 3.05) is 32.8 Å². The molecule has 1 unspecified atom stereocenters. The van der Waals surface area contributed by atoms with Crippen molar-refractivity contribution >= 4 is 16.6 Å². The van der Waals surface area contributed by atoms with Gasteiger partial charge in [-0.1, -0.05) is 87.5 Å². The van der Waals surface area contributed by atoms with Crippen LogP contribution in [0.15, 0.2) is 0 Å². The second-order valence-corrected chi connectivity index (χ2v) is 25.3. The molecule has 6 heteroatoms. The Balaban J connectivity index is 4.64. The van der Waals surface area contributed by atoms with E-state index < -0.39 is 22.2 Å². The third-order valence-electron chi connectivity index (χ3n) is 9.81. The van der Waals surface area contributed by atoms with Gasteiger partial charge >= 0.3 is 0 Å². The van der Waals surface area contributed by atoms with Crippen molar-refractivity contribution in [1.82, 2.24) is 4.90 Å². The summed E-state index contributed by atoms with van der Waals surface area (Å²) < 4.78 is 12.7. The maximum Gasteiger partial charge on any atom is 0.191 e. The van der Waals surface area contributed by atoms with E-state index in [0.717, 1.165) is 71.0 Å². The average Bonchev–Trinajstić information content (AvgIpc) is 2.82. The molecule has 0 aromatic heterocycles. The Bertz CT molecular complexity index is 622. The fourth-order valence-electron chi connectivity index (χ4n) is 4.86. The quantitative estimate of drug-likeness (QED) is 0.0882. The second-order valence-electron chi connectivity index (χ2n) is 15.7. The van der Waals surface area contributed by atoms with Crippen LogP contribution in [0, 0.1) is 0 Å². The molecule has 0 aliphatic rings. The van der Waals surface area contributed by atoms with Crippen LogP contribution in [0.2, 0.25) is 36.3 Å². The summed E-state index contributed by atoms with van der Waals surface area (Å²) in [6.07, 6.45) is 15.7. The maximum atomic E-state index is 11.7. The van der Waals surface area contributed by atoms with Crippen molar-refractivity contribution in [3.8, 4) is 0 Å². The van der Waals surface area contributed by atoms with E-state index in [2.05, 4.69) is 86.5 Å². The lowest BCUT2D eigenvalue weighted by atomic mass is 9.85. The zero-order chi connectivity index (χ0) is 30.9. The molecule has 0 rings (SSSR count). The third kappa shape index (κ3) is 17.4. The molecule has 0 fully saturated rings. The highest BCUT2D eigenvalue weighted by Gasteiger charge is 2.37. The standard InChI is InChI=1S/C34H75NO3Si2/c1-13-27-35(28-14-2)29-21-20-26-34(36,25-19-17-23-31-38-40(11,12)33(6,7)8)24-18-15-16-22-30-37-39(9,10)32(3,4)5/h36H,13-31H2,1-12H3. The largest absolute Gasteiger partial charge is 0.417 e. The number of unbranched alkanes of at least 4 members (excludes halogenated alkanes) is 6. The van der Waals surface area contributed by atoms with Crippen molar-refractivity contribution in [3.05, 3.63) is 0 Å². The molecule has 0 aliphatic carbocycles. The van der Waals surface area contributed by atoms with Gasteiger partial charge in [0.1, 0.15) is 0 Å². The Morgan fingerprint density at radius 1 is 0.525 bits per heavy atom. The minimum atomic E-state index is -1.66. The van der Waals surface area contributed by atoms with Gasteiger partial charge in [-0.15, -0.1) is 0 Å². The molecule has 0 radical (unpaired) electrons. The first-order valence-corrected chi connectivity index (χ1v) is 22.9. The Morgan fingerprint density at radius 3 is 1.25 bits per heavy atom. The summed E-state index contributed by atoms with van der Waals surface area (Å²) in [5.74, 6) is 0. The van der Waals surface area contributed by atoms with Crippen molar-refractivity contribution in [2.24, 2.45) is 0 Å². The van der Waals surface area contributed by atoms with Crippen LogP contribution in [0.5, 0.6) is 0 Å². The van der Waals surface area contributed by atoms with Crippen LogP contribution in [-0.4, -0.2) is 65.1 Å². The average molecular weight is 602 g/mol. The van der Waals surface area contributed by atoms with E-state index in [1.807, 2.05) is 0 Å². The van der Waals surface area contributed by atoms with E-state index in [4.69, 9.17) is 8.85 Å². The fourth-order valence-corrected chi connectivity index (χ4v) is 7.04. The topological polar surface area (TPSA) is 41.9 Å². The van der Waals surface area contributed by atoms with E-state index in [0.29, 0.717) is 0 Å². The molecule has 4 nitrogen and oxygen atoms in total. The second kappa shape index (κ2) is 19.5. The first kappa shape index (κ1) is 40.3. The monoisotopic (exact) mass is 602 g/mol. The molecule has 0 saturated carbocycles. The molecule has 0 saturated heterocycles. The lowest BCUT2D eigenvalue weighted by molar-refractivity contribution is 0.00640. The number of rotatable bonds is 24. The highest BCUT2D eigenvalue weighted by atomic mass is 28.4. The van der Waals surface area contributed by atoms with Gasteiger partial charge in [-0.25, -0.2) is 0 Å². The van der Waals surface area contributed by atoms with E-state index in [-0.39, 0.29) is 10.1 Å². The highest BCUT2D eigenvalue weighted by molar-refractivity contribution is 6.74. The maximum absolute atomic E-state index is 11.7. The number of hydrogen-bond acceptors (Lipinski definition) is 4. The molecule has 0 aliphatic heterocycles. The summed E-state index contributed by atoms with van der Waals surface area (Å²) in [5, 5.41) is 12.3. The van der Waals surface area contributed by atoms with Gasteiger partial charge < -0.3 is 18.9 Å². The lowest BCUT2D eigenvalue weighted by Gasteiger charge is -2.36. The van der Waals surface area contributed by atoms with Gasteiger partial charge in [0, 0.05) is 13.2 Å². The van der Waals surface area contributed by atoms with Gasteiger partial charge in [-0.2, -0.15) is 0 Å². The van der Waals surface area contributed by atoms with Gasteiger partial charge in [-0.3, -0.25) is 0 Å². The molecule has 0 bridgehead atoms. The zero-order valence-corrected chi connectivity index (χ0v) is 31.6. The minimum absolute atomic E-state index is 0.272. The normalized spacial score (nSPS) is 15.2. The SMILES string of the molecule is CCCN(CCC)CCCCC(O)(CCCCCCO[Si](C)(C)C(C)(C)C)CCCCCO[Si](C)(C)C(C)(C)C. The van der Waals surface area contributed by atoms with E-state index in [1.54, 1.807) is 0 Å². The van der Waals surface area contributed by atoms with Crippen LogP contribution in [0.25, 0.3) is 0 Å². The molecule has 0 aromatic carbocycles. The summed E-state index contributed by atoms with van der Waals surface area (Å²) in [6, 6.07) is 0. The minimum Gasteiger partial charge on any atom is -0.417 e. The van der Waals surface area contributed by atoms with Crippen LogP contribution >= 0.6 is 0 Å². The van der Waals surface area contributed by atoms with Gasteiger partial charge in [0.2, 0.25) is 0 Å². The van der Waals surface area contributed by atoms with Crippen LogP contribution in [0.1, 0.15) is 145 Å². The predicted molar refractivity (Wildman–Crippen MR) is 184 cm³/mol. The predicted octanol–water partition coefficient (Wildman–Crippen LogP) is 10.6. The first-order chi connectivity index (χ1) is 18.4. The lowest BCUT2D eigenvalue weighted by Crippen LogP contribution is -2.40. The highest BCUT2D eigenvalue weighted by Crippen LogP contribution is 2.37. The van der Waals surface area contributed by atoms with Crippen molar-refractivity contribution in [2.45, 2.75) is 187 Å². The van der Waals surface area contributed by atoms with Crippen LogP contribution in [0.3, 0.4) is 0 Å². The van der Waals surface area contributed by atoms with E-state index in [9.17, 15) is 5.11 Å². The van der Waals surface area contributed by atoms with Gasteiger partial charge in [-0.05, 0) is 114 Å². The summed E-state index contributed by atoms with van der Waals surface area (Å²) >= 11 is 0. The van der Waals surface area contributed by atoms with Crippen molar-refractivity contribution in [1.29, 1.82) is 0 Å². The van der Waals surface area contributed by atoms with Gasteiger partial charge in [0.25, 0.3) is 0 Å². The molecule has 0 amide bonds. The van der Waals surface area contributed by atoms with Gasteiger partial charge in [0.05, 0.1) is 5.60 Å². The number of aliphatic hydroxyl groups is 1. The van der Waals surface area contributed by atoms with Crippen molar-refractivity contribution in [3.63, 3.8) is 0 Å². The van der Waals surface area contributed by atoms with Gasteiger partial charge in [0.15, 0.2) is 16.6 Å². The summed E-state index contributed by atoms with van der Waals surface area (Å²) in [5.41, 5.74) is -0.502. The molecule has 0 aromatic rings. The molecule has 1 N–H and O–H groups in total. The van der Waals surface area contributed by atoms with Crippen LogP contribution in [0.4, 0.5) is 0 Å². The zero-order valence-electron chi connectivity index (χ0n) is 29.6. The van der Waals surface area contributed by atoms with Crippen LogP contribution in [-0.2, 0) is 8.85 Å². The molecule has 0 spiro atoms. The van der Waals surface area contributed by atoms with Crippen LogP contribution < -0.4 is 0 Å². The molecule has 0 heterocycles. The number of hydrogen-bond donors (Lipinski definition) is 1. The Labute approximate surface area is 255 Å². The third-order valence-corrected chi connectivity index (χ3v) is 18.9. The Kier molecular flexibility index (Phi) is 19.7. The van der Waals surface area contributed by atoms with E-state index in [1.165, 1.54) is 51.7 Å². The fraction of sp³-hybridized carbons (Fsp3) is 1.00. The van der Waals surface area contributed by atoms with E-state index >= 15 is 0 Å². The Morgan fingerprint density at radius 2 is 0.875 bits per heavy atom. The van der Waals surface area contributed by atoms with Crippen molar-refractivity contribution < 1.29 is 14.0 Å². The first-order valence-electron chi connectivity index (χ1n) is 17.1. The molecule has 242 valence electrons. The smallest absolute Gasteiger partial charge is 0.191 e. The summed E-state index contributed by atoms with van der Waals surface area (Å²) in [7, 11) is -3.29. The molecule has 1 atom stereocenters. The summed E-state index contributed by atoms with van der Waals surface area (Å²) in [4.78, 5) is 2.60. The molecular weight excluding hydrogens is 527 g/mol. The Hall–Kier alpha value is 0.274. The molecular formula is C34H75NO3Si2. The summed E-state index contributed by atoms with van der Waals surface area (Å²) in [6.45, 7) is 33.1. The number of nitrogens with zero attached hydrogens (tertiary/aromatic N) is 1. The molecule has 40 heavy (non-hydrogen) atoms.